The van der Waals surface area contributed by atoms with Crippen molar-refractivity contribution >= 4 is 11.4 Å². The van der Waals surface area contributed by atoms with Crippen LogP contribution in [0.2, 0.25) is 0 Å². The van der Waals surface area contributed by atoms with E-state index in [9.17, 15) is 4.21 Å². The lowest BCUT2D eigenvalue weighted by atomic mass is 10.0. The molecule has 0 saturated carbocycles. The highest BCUT2D eigenvalue weighted by molar-refractivity contribution is 7.75. The minimum atomic E-state index is -1.61. The van der Waals surface area contributed by atoms with Crippen molar-refractivity contribution in [2.45, 2.75) is 32.0 Å². The zero-order chi connectivity index (χ0) is 8.48. The highest BCUT2D eigenvalue weighted by Crippen LogP contribution is 2.26. The molecule has 0 spiro atoms. The fraction of sp³-hybridized carbons (Fsp3) is 0.714. The molecule has 0 aromatic rings. The van der Waals surface area contributed by atoms with Gasteiger partial charge in [0.1, 0.15) is 0 Å². The normalized spacial score (nSPS) is 36.5. The number of hydrogen-bond donors (Lipinski definition) is 0. The zero-order valence-electron chi connectivity index (χ0n) is 6.70. The maximum atomic E-state index is 10.9. The van der Waals surface area contributed by atoms with E-state index in [1.807, 2.05) is 13.8 Å². The Morgan fingerprint density at radius 2 is 2.36 bits per heavy atom. The SMILES string of the molecule is C=CC1CC(C)(C)OS(=O)O1. The van der Waals surface area contributed by atoms with Gasteiger partial charge in [0.25, 0.3) is 0 Å². The van der Waals surface area contributed by atoms with Crippen molar-refractivity contribution in [3.05, 3.63) is 12.7 Å². The average Bonchev–Trinajstić information content (AvgIpc) is 1.83. The molecular weight excluding hydrogens is 164 g/mol. The first-order valence-corrected chi connectivity index (χ1v) is 4.44. The van der Waals surface area contributed by atoms with Gasteiger partial charge in [0.2, 0.25) is 0 Å². The number of rotatable bonds is 1. The molecule has 0 N–H and O–H groups in total. The average molecular weight is 176 g/mol. The van der Waals surface area contributed by atoms with Gasteiger partial charge in [-0.2, -0.15) is 4.21 Å². The first-order valence-electron chi connectivity index (χ1n) is 3.44. The topological polar surface area (TPSA) is 35.5 Å². The van der Waals surface area contributed by atoms with Gasteiger partial charge in [-0.25, -0.2) is 0 Å². The standard InChI is InChI=1S/C7H12O3S/c1-4-6-5-7(2,3)10-11(8)9-6/h4,6H,1,5H2,2-3H3. The minimum absolute atomic E-state index is 0.153. The van der Waals surface area contributed by atoms with Gasteiger partial charge in [-0.05, 0) is 13.8 Å². The summed E-state index contributed by atoms with van der Waals surface area (Å²) in [4.78, 5) is 0. The minimum Gasteiger partial charge on any atom is -0.262 e. The lowest BCUT2D eigenvalue weighted by Crippen LogP contribution is -2.37. The van der Waals surface area contributed by atoms with E-state index in [0.717, 1.165) is 0 Å². The van der Waals surface area contributed by atoms with E-state index >= 15 is 0 Å². The van der Waals surface area contributed by atoms with Crippen LogP contribution in [-0.4, -0.2) is 15.9 Å². The molecule has 1 fully saturated rings. The third kappa shape index (κ3) is 2.39. The Hall–Kier alpha value is -0.190. The van der Waals surface area contributed by atoms with Gasteiger partial charge in [-0.1, -0.05) is 6.08 Å². The molecule has 1 aliphatic rings. The molecule has 0 amide bonds. The van der Waals surface area contributed by atoms with E-state index < -0.39 is 11.4 Å². The maximum absolute atomic E-state index is 10.9. The summed E-state index contributed by atoms with van der Waals surface area (Å²) in [6.07, 6.45) is 2.18. The first-order chi connectivity index (χ1) is 5.03. The highest BCUT2D eigenvalue weighted by atomic mass is 32.2. The molecule has 0 aliphatic carbocycles. The van der Waals surface area contributed by atoms with E-state index in [2.05, 4.69) is 6.58 Å². The van der Waals surface area contributed by atoms with Gasteiger partial charge >= 0.3 is 11.4 Å². The quantitative estimate of drug-likeness (QED) is 0.565. The van der Waals surface area contributed by atoms with Crippen LogP contribution in [0.3, 0.4) is 0 Å². The second-order valence-electron chi connectivity index (χ2n) is 3.12. The summed E-state index contributed by atoms with van der Waals surface area (Å²) in [6, 6.07) is 0. The van der Waals surface area contributed by atoms with Gasteiger partial charge in [0.05, 0.1) is 11.7 Å². The summed E-state index contributed by atoms with van der Waals surface area (Å²) < 4.78 is 20.8. The monoisotopic (exact) mass is 176 g/mol. The second kappa shape index (κ2) is 3.05. The molecular formula is C7H12O3S. The largest absolute Gasteiger partial charge is 0.305 e. The van der Waals surface area contributed by atoms with Crippen molar-refractivity contribution in [2.75, 3.05) is 0 Å². The summed E-state index contributed by atoms with van der Waals surface area (Å²) in [7, 11) is 0. The van der Waals surface area contributed by atoms with Crippen molar-refractivity contribution in [3.63, 3.8) is 0 Å². The molecule has 1 saturated heterocycles. The van der Waals surface area contributed by atoms with E-state index in [-0.39, 0.29) is 11.7 Å². The fourth-order valence-electron chi connectivity index (χ4n) is 0.980. The van der Waals surface area contributed by atoms with Gasteiger partial charge in [-0.15, -0.1) is 6.58 Å². The molecule has 0 bridgehead atoms. The predicted molar refractivity (Wildman–Crippen MR) is 43.0 cm³/mol. The van der Waals surface area contributed by atoms with Crippen LogP contribution in [0.25, 0.3) is 0 Å². The van der Waals surface area contributed by atoms with Crippen LogP contribution in [0.4, 0.5) is 0 Å². The fourth-order valence-corrected chi connectivity index (χ4v) is 1.80. The Kier molecular flexibility index (Phi) is 2.47. The van der Waals surface area contributed by atoms with Gasteiger partial charge in [0.15, 0.2) is 0 Å². The molecule has 0 radical (unpaired) electrons. The van der Waals surface area contributed by atoms with Crippen LogP contribution in [0.1, 0.15) is 20.3 Å². The van der Waals surface area contributed by atoms with Crippen molar-refractivity contribution in [2.24, 2.45) is 0 Å². The third-order valence-electron chi connectivity index (χ3n) is 1.45. The lowest BCUT2D eigenvalue weighted by molar-refractivity contribution is 0.0205. The van der Waals surface area contributed by atoms with E-state index in [1.54, 1.807) is 6.08 Å². The molecule has 0 aromatic heterocycles. The van der Waals surface area contributed by atoms with Crippen LogP contribution in [-0.2, 0) is 19.7 Å². The zero-order valence-corrected chi connectivity index (χ0v) is 7.52. The summed E-state index contributed by atoms with van der Waals surface area (Å²) in [6.45, 7) is 7.33. The summed E-state index contributed by atoms with van der Waals surface area (Å²) in [5.74, 6) is 0. The lowest BCUT2D eigenvalue weighted by Gasteiger charge is -2.31. The third-order valence-corrected chi connectivity index (χ3v) is 2.44. The van der Waals surface area contributed by atoms with Crippen molar-refractivity contribution in [1.29, 1.82) is 0 Å². The Balaban J connectivity index is 2.65. The molecule has 2 unspecified atom stereocenters. The highest BCUT2D eigenvalue weighted by Gasteiger charge is 2.32. The van der Waals surface area contributed by atoms with Crippen LogP contribution in [0.15, 0.2) is 12.7 Å². The van der Waals surface area contributed by atoms with Crippen LogP contribution in [0, 0.1) is 0 Å². The van der Waals surface area contributed by atoms with Crippen molar-refractivity contribution in [3.8, 4) is 0 Å². The predicted octanol–water partition coefficient (Wildman–Crippen LogP) is 1.34. The van der Waals surface area contributed by atoms with Gasteiger partial charge in [-0.3, -0.25) is 8.37 Å². The van der Waals surface area contributed by atoms with Crippen LogP contribution in [0.5, 0.6) is 0 Å². The molecule has 11 heavy (non-hydrogen) atoms. The summed E-state index contributed by atoms with van der Waals surface area (Å²) >= 11 is -1.61. The Morgan fingerprint density at radius 1 is 1.73 bits per heavy atom. The molecule has 1 heterocycles. The summed E-state index contributed by atoms with van der Waals surface area (Å²) in [5, 5.41) is 0. The number of hydrogen-bond acceptors (Lipinski definition) is 3. The Labute approximate surface area is 69.3 Å². The molecule has 4 heteroatoms. The molecule has 1 aliphatic heterocycles. The van der Waals surface area contributed by atoms with E-state index in [4.69, 9.17) is 8.37 Å². The molecule has 2 atom stereocenters. The Bertz CT molecular complexity index is 188. The maximum Gasteiger partial charge on any atom is 0.305 e. The first kappa shape index (κ1) is 8.90. The van der Waals surface area contributed by atoms with Crippen LogP contribution >= 0.6 is 0 Å². The smallest absolute Gasteiger partial charge is 0.262 e. The van der Waals surface area contributed by atoms with Gasteiger partial charge < -0.3 is 0 Å². The summed E-state index contributed by atoms with van der Waals surface area (Å²) in [5.41, 5.74) is -0.373. The molecule has 0 aromatic carbocycles. The molecule has 3 nitrogen and oxygen atoms in total. The van der Waals surface area contributed by atoms with Crippen molar-refractivity contribution < 1.29 is 12.6 Å². The van der Waals surface area contributed by atoms with E-state index in [0.29, 0.717) is 6.42 Å². The van der Waals surface area contributed by atoms with Crippen molar-refractivity contribution in [1.82, 2.24) is 0 Å². The Morgan fingerprint density at radius 3 is 2.82 bits per heavy atom. The van der Waals surface area contributed by atoms with E-state index in [1.165, 1.54) is 0 Å². The molecule has 64 valence electrons. The van der Waals surface area contributed by atoms with Gasteiger partial charge in [0, 0.05) is 6.42 Å². The second-order valence-corrected chi connectivity index (χ2v) is 3.89. The molecule has 1 rings (SSSR count). The van der Waals surface area contributed by atoms with Crippen LogP contribution < -0.4 is 0 Å².